The van der Waals surface area contributed by atoms with Crippen LogP contribution in [0.3, 0.4) is 0 Å². The number of ether oxygens (including phenoxy) is 1. The minimum absolute atomic E-state index is 0.308. The Hall–Kier alpha value is -2.20. The highest BCUT2D eigenvalue weighted by Gasteiger charge is 2.18. The number of aromatic nitrogens is 1. The number of benzene rings is 2. The number of hydrogen-bond donors (Lipinski definition) is 1. The summed E-state index contributed by atoms with van der Waals surface area (Å²) in [6.45, 7) is 0. The van der Waals surface area contributed by atoms with Crippen molar-refractivity contribution in [2.45, 2.75) is 4.90 Å². The van der Waals surface area contributed by atoms with Crippen molar-refractivity contribution >= 4 is 33.0 Å². The molecule has 0 aliphatic rings. The molecular weight excluding hydrogens is 403 g/mol. The van der Waals surface area contributed by atoms with Crippen LogP contribution in [0.1, 0.15) is 0 Å². The van der Waals surface area contributed by atoms with E-state index in [0.29, 0.717) is 27.7 Å². The van der Waals surface area contributed by atoms with Gasteiger partial charge < -0.3 is 4.74 Å². The molecule has 26 heavy (non-hydrogen) atoms. The van der Waals surface area contributed by atoms with Crippen LogP contribution in [0, 0.1) is 5.82 Å². The van der Waals surface area contributed by atoms with E-state index in [-0.39, 0.29) is 4.87 Å². The van der Waals surface area contributed by atoms with E-state index in [0.717, 1.165) is 23.5 Å². The van der Waals surface area contributed by atoms with Gasteiger partial charge in [-0.15, -0.1) is 0 Å². The maximum Gasteiger partial charge on any atom is 0.312 e. The number of nitrogens with zero attached hydrogens (tertiary/aromatic N) is 1. The number of sulfonamides is 1. The highest BCUT2D eigenvalue weighted by Crippen LogP contribution is 2.30. The average molecular weight is 415 g/mol. The number of hydrogen-bond acceptors (Lipinski definition) is 5. The van der Waals surface area contributed by atoms with Gasteiger partial charge in [-0.25, -0.2) is 17.9 Å². The van der Waals surface area contributed by atoms with Gasteiger partial charge in [-0.2, -0.15) is 0 Å². The first-order valence-corrected chi connectivity index (χ1v) is 9.90. The van der Waals surface area contributed by atoms with Gasteiger partial charge in [-0.3, -0.25) is 9.36 Å². The van der Waals surface area contributed by atoms with E-state index >= 15 is 0 Å². The molecule has 0 fully saturated rings. The standard InChI is InChI=1S/C16H12ClFN2O4S2/c1-24-14-4-3-10(7-11(14)17)20-13(8-25-16(20)21)9-2-5-15(12(18)6-9)26(19,22)23/h2-8H,1H3,(H2,19,22,23). The molecule has 0 amide bonds. The van der Waals surface area contributed by atoms with Crippen LogP contribution in [-0.2, 0) is 10.0 Å². The van der Waals surface area contributed by atoms with Gasteiger partial charge in [0.15, 0.2) is 0 Å². The molecule has 0 radical (unpaired) electrons. The molecule has 2 aromatic carbocycles. The fraction of sp³-hybridized carbons (Fsp3) is 0.0625. The molecule has 0 bridgehead atoms. The van der Waals surface area contributed by atoms with Gasteiger partial charge in [-0.05, 0) is 30.3 Å². The summed E-state index contributed by atoms with van der Waals surface area (Å²) in [7, 11) is -2.70. The van der Waals surface area contributed by atoms with Crippen LogP contribution < -0.4 is 14.7 Å². The topological polar surface area (TPSA) is 91.4 Å². The van der Waals surface area contributed by atoms with Crippen LogP contribution in [0.5, 0.6) is 5.75 Å². The molecule has 10 heteroatoms. The smallest absolute Gasteiger partial charge is 0.312 e. The lowest BCUT2D eigenvalue weighted by Gasteiger charge is -2.11. The third-order valence-corrected chi connectivity index (χ3v) is 5.59. The van der Waals surface area contributed by atoms with Crippen LogP contribution >= 0.6 is 22.9 Å². The van der Waals surface area contributed by atoms with E-state index in [1.807, 2.05) is 0 Å². The SMILES string of the molecule is COc1ccc(-n2c(-c3ccc(S(N)(=O)=O)c(F)c3)csc2=O)cc1Cl. The molecular formula is C16H12ClFN2O4S2. The Morgan fingerprint density at radius 1 is 1.23 bits per heavy atom. The Morgan fingerprint density at radius 3 is 2.54 bits per heavy atom. The van der Waals surface area contributed by atoms with E-state index in [2.05, 4.69) is 0 Å². The predicted octanol–water partition coefficient (Wildman–Crippen LogP) is 3.01. The highest BCUT2D eigenvalue weighted by molar-refractivity contribution is 7.89. The number of rotatable bonds is 4. The molecule has 0 saturated carbocycles. The zero-order chi connectivity index (χ0) is 19.1. The summed E-state index contributed by atoms with van der Waals surface area (Å²) in [5.74, 6) is -0.549. The number of nitrogens with two attached hydrogens (primary N) is 1. The first kappa shape index (κ1) is 18.6. The summed E-state index contributed by atoms with van der Waals surface area (Å²) in [5.41, 5.74) is 1.18. The van der Waals surface area contributed by atoms with E-state index < -0.39 is 20.7 Å². The fourth-order valence-electron chi connectivity index (χ4n) is 2.44. The number of thiazole rings is 1. The monoisotopic (exact) mass is 414 g/mol. The summed E-state index contributed by atoms with van der Waals surface area (Å²) in [6.07, 6.45) is 0. The van der Waals surface area contributed by atoms with Crippen LogP contribution in [0.4, 0.5) is 4.39 Å². The molecule has 0 spiro atoms. The van der Waals surface area contributed by atoms with Crippen LogP contribution in [0.25, 0.3) is 16.9 Å². The lowest BCUT2D eigenvalue weighted by Crippen LogP contribution is -2.14. The van der Waals surface area contributed by atoms with Gasteiger partial charge in [0.2, 0.25) is 10.0 Å². The average Bonchev–Trinajstić information content (AvgIpc) is 2.95. The maximum absolute atomic E-state index is 14.2. The van der Waals surface area contributed by atoms with Crippen molar-refractivity contribution in [3.8, 4) is 22.7 Å². The number of primary sulfonamides is 1. The Balaban J connectivity index is 2.16. The van der Waals surface area contributed by atoms with Crippen molar-refractivity contribution in [3.05, 3.63) is 62.3 Å². The molecule has 0 aliphatic carbocycles. The summed E-state index contributed by atoms with van der Waals surface area (Å²) < 4.78 is 43.3. The van der Waals surface area contributed by atoms with Crippen molar-refractivity contribution in [1.82, 2.24) is 4.57 Å². The lowest BCUT2D eigenvalue weighted by molar-refractivity contribution is 0.415. The third kappa shape index (κ3) is 3.38. The summed E-state index contributed by atoms with van der Waals surface area (Å²) in [6, 6.07) is 8.25. The maximum atomic E-state index is 14.2. The highest BCUT2D eigenvalue weighted by atomic mass is 35.5. The second kappa shape index (κ2) is 6.84. The number of halogens is 2. The zero-order valence-electron chi connectivity index (χ0n) is 13.3. The van der Waals surface area contributed by atoms with Gasteiger partial charge in [0.05, 0.1) is 23.5 Å². The molecule has 6 nitrogen and oxygen atoms in total. The molecule has 3 rings (SSSR count). The van der Waals surface area contributed by atoms with Crippen molar-refractivity contribution in [3.63, 3.8) is 0 Å². The molecule has 0 saturated heterocycles. The molecule has 0 unspecified atom stereocenters. The first-order chi connectivity index (χ1) is 12.2. The molecule has 1 aromatic heterocycles. The Kier molecular flexibility index (Phi) is 4.89. The van der Waals surface area contributed by atoms with Gasteiger partial charge in [-0.1, -0.05) is 29.0 Å². The minimum atomic E-state index is -4.18. The fourth-order valence-corrected chi connectivity index (χ4v) is 4.04. The molecule has 3 aromatic rings. The quantitative estimate of drug-likeness (QED) is 0.710. The van der Waals surface area contributed by atoms with Crippen LogP contribution in [0.2, 0.25) is 5.02 Å². The van der Waals surface area contributed by atoms with Gasteiger partial charge in [0.25, 0.3) is 0 Å². The van der Waals surface area contributed by atoms with Crippen LogP contribution in [-0.4, -0.2) is 20.1 Å². The van der Waals surface area contributed by atoms with Gasteiger partial charge in [0, 0.05) is 10.9 Å². The molecule has 1 heterocycles. The summed E-state index contributed by atoms with van der Waals surface area (Å²) in [4.78, 5) is 11.4. The molecule has 136 valence electrons. The van der Waals surface area contributed by atoms with Crippen molar-refractivity contribution in [2.75, 3.05) is 7.11 Å². The second-order valence-corrected chi connectivity index (χ2v) is 7.99. The van der Waals surface area contributed by atoms with E-state index in [4.69, 9.17) is 21.5 Å². The molecule has 0 aliphatic heterocycles. The minimum Gasteiger partial charge on any atom is -0.495 e. The van der Waals surface area contributed by atoms with Crippen LogP contribution in [0.15, 0.2) is 51.5 Å². The summed E-state index contributed by atoms with van der Waals surface area (Å²) in [5, 5.41) is 6.83. The molecule has 0 atom stereocenters. The zero-order valence-corrected chi connectivity index (χ0v) is 15.7. The Labute approximate surface area is 157 Å². The predicted molar refractivity (Wildman–Crippen MR) is 98.2 cm³/mol. The Bertz CT molecular complexity index is 1160. The Morgan fingerprint density at radius 2 is 1.96 bits per heavy atom. The first-order valence-electron chi connectivity index (χ1n) is 7.09. The lowest BCUT2D eigenvalue weighted by atomic mass is 10.1. The summed E-state index contributed by atoms with van der Waals surface area (Å²) >= 11 is 7.04. The van der Waals surface area contributed by atoms with Gasteiger partial charge >= 0.3 is 4.87 Å². The van der Waals surface area contributed by atoms with Crippen molar-refractivity contribution < 1.29 is 17.5 Å². The normalized spacial score (nSPS) is 11.5. The third-order valence-electron chi connectivity index (χ3n) is 3.62. The van der Waals surface area contributed by atoms with E-state index in [1.165, 1.54) is 17.7 Å². The number of methoxy groups -OCH3 is 1. The van der Waals surface area contributed by atoms with E-state index in [1.54, 1.807) is 23.6 Å². The largest absolute Gasteiger partial charge is 0.495 e. The second-order valence-electron chi connectivity index (χ2n) is 5.23. The molecule has 2 N–H and O–H groups in total. The van der Waals surface area contributed by atoms with Crippen molar-refractivity contribution in [2.24, 2.45) is 5.14 Å². The van der Waals surface area contributed by atoms with Gasteiger partial charge in [0.1, 0.15) is 16.5 Å². The van der Waals surface area contributed by atoms with Crippen molar-refractivity contribution in [1.29, 1.82) is 0 Å². The van der Waals surface area contributed by atoms with E-state index in [9.17, 15) is 17.6 Å².